The predicted octanol–water partition coefficient (Wildman–Crippen LogP) is 2.34. The summed E-state index contributed by atoms with van der Waals surface area (Å²) in [7, 11) is 1.75. The third-order valence-corrected chi connectivity index (χ3v) is 5.63. The summed E-state index contributed by atoms with van der Waals surface area (Å²) >= 11 is 0. The van der Waals surface area contributed by atoms with Crippen molar-refractivity contribution in [2.24, 2.45) is 0 Å². The van der Waals surface area contributed by atoms with Crippen molar-refractivity contribution >= 4 is 5.91 Å². The number of nitrogens with one attached hydrogen (secondary N) is 1. The van der Waals surface area contributed by atoms with Gasteiger partial charge in [-0.05, 0) is 32.3 Å². The molecular weight excluding hydrogens is 332 g/mol. The number of rotatable bonds is 4. The standard InChI is InChI=1S/C19H24N4O3/c1-13-12-21-17(22-13)18(24)23-10-8-19(25-2)7-6-14(11-15(19)23)26-16-5-3-4-9-20-16/h3-5,9,12,14-15H,6-8,10-11H2,1-2H3,(H,21,22)/t14-,15-,19+/m0/s1. The minimum absolute atomic E-state index is 0.0184. The molecule has 0 bridgehead atoms. The van der Waals surface area contributed by atoms with Crippen molar-refractivity contribution in [1.82, 2.24) is 19.9 Å². The fraction of sp³-hybridized carbons (Fsp3) is 0.526. The number of ether oxygens (including phenoxy) is 2. The average molecular weight is 356 g/mol. The number of amides is 1. The molecule has 1 N–H and O–H groups in total. The Morgan fingerprint density at radius 2 is 2.23 bits per heavy atom. The Labute approximate surface area is 152 Å². The van der Waals surface area contributed by atoms with E-state index < -0.39 is 0 Å². The molecule has 26 heavy (non-hydrogen) atoms. The van der Waals surface area contributed by atoms with Crippen molar-refractivity contribution in [2.75, 3.05) is 13.7 Å². The minimum Gasteiger partial charge on any atom is -0.474 e. The van der Waals surface area contributed by atoms with Gasteiger partial charge in [-0.1, -0.05) is 6.07 Å². The number of methoxy groups -OCH3 is 1. The van der Waals surface area contributed by atoms with Crippen molar-refractivity contribution < 1.29 is 14.3 Å². The van der Waals surface area contributed by atoms with E-state index in [2.05, 4.69) is 15.0 Å². The molecule has 2 aliphatic rings. The lowest BCUT2D eigenvalue weighted by atomic mass is 9.79. The van der Waals surface area contributed by atoms with Gasteiger partial charge in [0.15, 0.2) is 5.82 Å². The zero-order chi connectivity index (χ0) is 18.1. The van der Waals surface area contributed by atoms with Crippen LogP contribution in [-0.2, 0) is 4.74 Å². The lowest BCUT2D eigenvalue weighted by molar-refractivity contribution is -0.0789. The highest BCUT2D eigenvalue weighted by Gasteiger charge is 2.53. The number of imidazole rings is 1. The topological polar surface area (TPSA) is 80.3 Å². The predicted molar refractivity (Wildman–Crippen MR) is 95.0 cm³/mol. The molecule has 7 heteroatoms. The Balaban J connectivity index is 1.53. The van der Waals surface area contributed by atoms with Crippen LogP contribution in [0.5, 0.6) is 5.88 Å². The van der Waals surface area contributed by atoms with E-state index in [-0.39, 0.29) is 23.7 Å². The quantitative estimate of drug-likeness (QED) is 0.909. The summed E-state index contributed by atoms with van der Waals surface area (Å²) in [6.45, 7) is 2.57. The van der Waals surface area contributed by atoms with Crippen LogP contribution in [0.4, 0.5) is 0 Å². The van der Waals surface area contributed by atoms with Crippen LogP contribution < -0.4 is 4.74 Å². The molecule has 1 saturated heterocycles. The second-order valence-corrected chi connectivity index (χ2v) is 7.13. The fourth-order valence-corrected chi connectivity index (χ4v) is 4.26. The highest BCUT2D eigenvalue weighted by atomic mass is 16.5. The number of aryl methyl sites for hydroxylation is 1. The first-order valence-corrected chi connectivity index (χ1v) is 9.07. The number of carbonyl (C=O) groups is 1. The average Bonchev–Trinajstić information content (AvgIpc) is 3.26. The van der Waals surface area contributed by atoms with E-state index in [0.717, 1.165) is 31.4 Å². The van der Waals surface area contributed by atoms with Crippen LogP contribution in [0.2, 0.25) is 0 Å². The minimum atomic E-state index is -0.290. The second-order valence-electron chi connectivity index (χ2n) is 7.13. The highest BCUT2D eigenvalue weighted by Crippen LogP contribution is 2.43. The van der Waals surface area contributed by atoms with Crippen molar-refractivity contribution in [3.8, 4) is 5.88 Å². The van der Waals surface area contributed by atoms with Gasteiger partial charge in [0.2, 0.25) is 5.88 Å². The van der Waals surface area contributed by atoms with Gasteiger partial charge >= 0.3 is 0 Å². The van der Waals surface area contributed by atoms with E-state index in [9.17, 15) is 4.79 Å². The maximum atomic E-state index is 13.0. The second kappa shape index (κ2) is 6.72. The summed E-state index contributed by atoms with van der Waals surface area (Å²) in [5, 5.41) is 0. The molecule has 0 spiro atoms. The van der Waals surface area contributed by atoms with Gasteiger partial charge in [-0.3, -0.25) is 4.79 Å². The molecule has 1 saturated carbocycles. The largest absolute Gasteiger partial charge is 0.474 e. The summed E-state index contributed by atoms with van der Waals surface area (Å²) in [4.78, 5) is 26.4. The Hall–Kier alpha value is -2.41. The Bertz CT molecular complexity index is 778. The zero-order valence-electron chi connectivity index (χ0n) is 15.1. The van der Waals surface area contributed by atoms with Crippen LogP contribution in [-0.4, -0.2) is 57.2 Å². The molecule has 7 nitrogen and oxygen atoms in total. The molecule has 2 aromatic rings. The first-order chi connectivity index (χ1) is 12.6. The first-order valence-electron chi connectivity index (χ1n) is 9.07. The fourth-order valence-electron chi connectivity index (χ4n) is 4.26. The number of hydrogen-bond acceptors (Lipinski definition) is 5. The van der Waals surface area contributed by atoms with Gasteiger partial charge in [-0.2, -0.15) is 0 Å². The number of fused-ring (bicyclic) bond motifs is 1. The van der Waals surface area contributed by atoms with E-state index in [4.69, 9.17) is 9.47 Å². The van der Waals surface area contributed by atoms with E-state index in [1.807, 2.05) is 30.0 Å². The van der Waals surface area contributed by atoms with E-state index in [1.165, 1.54) is 0 Å². The zero-order valence-corrected chi connectivity index (χ0v) is 15.1. The molecule has 1 aliphatic heterocycles. The summed E-state index contributed by atoms with van der Waals surface area (Å²) in [5.41, 5.74) is 0.590. The normalized spacial score (nSPS) is 28.0. The van der Waals surface area contributed by atoms with Gasteiger partial charge in [-0.15, -0.1) is 0 Å². The van der Waals surface area contributed by atoms with Crippen LogP contribution in [0.15, 0.2) is 30.6 Å². The number of carbonyl (C=O) groups excluding carboxylic acids is 1. The maximum absolute atomic E-state index is 13.0. The molecular formula is C19H24N4O3. The van der Waals surface area contributed by atoms with Gasteiger partial charge in [0.05, 0.1) is 11.6 Å². The molecule has 0 radical (unpaired) electrons. The summed E-state index contributed by atoms with van der Waals surface area (Å²) in [6.07, 6.45) is 6.76. The Morgan fingerprint density at radius 1 is 1.35 bits per heavy atom. The van der Waals surface area contributed by atoms with E-state index >= 15 is 0 Å². The van der Waals surface area contributed by atoms with Crippen LogP contribution in [0, 0.1) is 6.92 Å². The SMILES string of the molecule is CO[C@@]12CC[C@H](Oc3ccccn3)C[C@@H]1N(C(=O)c1ncc(C)[nH]1)CC2. The number of nitrogens with zero attached hydrogens (tertiary/aromatic N) is 3. The summed E-state index contributed by atoms with van der Waals surface area (Å²) < 4.78 is 12.0. The Morgan fingerprint density at radius 3 is 2.92 bits per heavy atom. The molecule has 2 fully saturated rings. The maximum Gasteiger partial charge on any atom is 0.289 e. The van der Waals surface area contributed by atoms with Gasteiger partial charge in [0, 0.05) is 44.2 Å². The third-order valence-electron chi connectivity index (χ3n) is 5.63. The number of likely N-dealkylation sites (tertiary alicyclic amines) is 1. The van der Waals surface area contributed by atoms with Gasteiger partial charge < -0.3 is 19.4 Å². The van der Waals surface area contributed by atoms with Crippen molar-refractivity contribution in [3.63, 3.8) is 0 Å². The number of pyridine rings is 1. The number of aromatic nitrogens is 3. The molecule has 1 amide bonds. The Kier molecular flexibility index (Phi) is 4.40. The van der Waals surface area contributed by atoms with Crippen molar-refractivity contribution in [1.29, 1.82) is 0 Å². The smallest absolute Gasteiger partial charge is 0.289 e. The first kappa shape index (κ1) is 17.0. The lowest BCUT2D eigenvalue weighted by Crippen LogP contribution is -2.53. The molecule has 1 aliphatic carbocycles. The van der Waals surface area contributed by atoms with Gasteiger partial charge in [-0.25, -0.2) is 9.97 Å². The van der Waals surface area contributed by atoms with Crippen LogP contribution in [0.3, 0.4) is 0 Å². The van der Waals surface area contributed by atoms with Gasteiger partial charge in [0.1, 0.15) is 6.10 Å². The molecule has 3 atom stereocenters. The molecule has 138 valence electrons. The van der Waals surface area contributed by atoms with E-state index in [1.54, 1.807) is 19.5 Å². The molecule has 0 aromatic carbocycles. The molecule has 4 rings (SSSR count). The van der Waals surface area contributed by atoms with Crippen LogP contribution >= 0.6 is 0 Å². The van der Waals surface area contributed by atoms with Crippen LogP contribution in [0.1, 0.15) is 42.0 Å². The third kappa shape index (κ3) is 2.96. The van der Waals surface area contributed by atoms with Crippen molar-refractivity contribution in [2.45, 2.75) is 50.4 Å². The molecule has 0 unspecified atom stereocenters. The van der Waals surface area contributed by atoms with Gasteiger partial charge in [0.25, 0.3) is 5.91 Å². The number of H-pyrrole nitrogens is 1. The highest BCUT2D eigenvalue weighted by molar-refractivity contribution is 5.91. The van der Waals surface area contributed by atoms with E-state index in [0.29, 0.717) is 18.2 Å². The molecule has 2 aromatic heterocycles. The summed E-state index contributed by atoms with van der Waals surface area (Å²) in [5.74, 6) is 0.947. The van der Waals surface area contributed by atoms with Crippen LogP contribution in [0.25, 0.3) is 0 Å². The number of aromatic amines is 1. The lowest BCUT2D eigenvalue weighted by Gasteiger charge is -2.43. The number of hydrogen-bond donors (Lipinski definition) is 1. The van der Waals surface area contributed by atoms with Crippen molar-refractivity contribution in [3.05, 3.63) is 42.1 Å². The summed E-state index contributed by atoms with van der Waals surface area (Å²) in [6, 6.07) is 5.62. The monoisotopic (exact) mass is 356 g/mol. The molecule has 3 heterocycles.